The van der Waals surface area contributed by atoms with E-state index in [1.165, 1.54) is 48.1 Å². The van der Waals surface area contributed by atoms with Crippen LogP contribution in [-0.2, 0) is 12.8 Å². The third kappa shape index (κ3) is 3.76. The molecule has 1 saturated heterocycles. The van der Waals surface area contributed by atoms with Crippen molar-refractivity contribution in [3.8, 4) is 0 Å². The Morgan fingerprint density at radius 1 is 1.35 bits per heavy atom. The SMILES string of the molecule is CCc1nc(C)c(CCCN2CCNCC2)s1. The predicted octanol–water partition coefficient (Wildman–Crippen LogP) is 1.85. The number of aromatic nitrogens is 1. The zero-order valence-corrected chi connectivity index (χ0v) is 11.8. The van der Waals surface area contributed by atoms with E-state index in [2.05, 4.69) is 29.0 Å². The highest BCUT2D eigenvalue weighted by Crippen LogP contribution is 2.20. The summed E-state index contributed by atoms with van der Waals surface area (Å²) >= 11 is 1.90. The molecule has 1 aromatic heterocycles. The molecule has 4 heteroatoms. The summed E-state index contributed by atoms with van der Waals surface area (Å²) < 4.78 is 0. The maximum absolute atomic E-state index is 4.59. The number of nitrogens with zero attached hydrogens (tertiary/aromatic N) is 2. The lowest BCUT2D eigenvalue weighted by molar-refractivity contribution is 0.239. The fraction of sp³-hybridized carbons (Fsp3) is 0.769. The van der Waals surface area contributed by atoms with Crippen LogP contribution < -0.4 is 5.32 Å². The van der Waals surface area contributed by atoms with E-state index in [1.807, 2.05) is 11.3 Å². The lowest BCUT2D eigenvalue weighted by atomic mass is 10.2. The Morgan fingerprint density at radius 2 is 2.12 bits per heavy atom. The Labute approximate surface area is 108 Å². The molecular formula is C13H23N3S. The van der Waals surface area contributed by atoms with Crippen LogP contribution in [0.15, 0.2) is 0 Å². The lowest BCUT2D eigenvalue weighted by Gasteiger charge is -2.26. The summed E-state index contributed by atoms with van der Waals surface area (Å²) in [6, 6.07) is 0. The summed E-state index contributed by atoms with van der Waals surface area (Å²) in [4.78, 5) is 8.65. The number of thiazole rings is 1. The smallest absolute Gasteiger partial charge is 0.0928 e. The van der Waals surface area contributed by atoms with Gasteiger partial charge in [-0.15, -0.1) is 11.3 Å². The molecule has 1 aliphatic rings. The number of aryl methyl sites for hydroxylation is 3. The van der Waals surface area contributed by atoms with Crippen LogP contribution in [0.4, 0.5) is 0 Å². The van der Waals surface area contributed by atoms with E-state index in [1.54, 1.807) is 0 Å². The van der Waals surface area contributed by atoms with Gasteiger partial charge in [-0.05, 0) is 32.7 Å². The van der Waals surface area contributed by atoms with Crippen molar-refractivity contribution < 1.29 is 0 Å². The van der Waals surface area contributed by atoms with Gasteiger partial charge >= 0.3 is 0 Å². The van der Waals surface area contributed by atoms with Crippen molar-refractivity contribution in [2.45, 2.75) is 33.1 Å². The van der Waals surface area contributed by atoms with Gasteiger partial charge in [0.1, 0.15) is 0 Å². The summed E-state index contributed by atoms with van der Waals surface area (Å²) in [5.41, 5.74) is 1.26. The standard InChI is InChI=1S/C13H23N3S/c1-3-13-15-11(2)12(17-13)5-4-8-16-9-6-14-7-10-16/h14H,3-10H2,1-2H3. The Hall–Kier alpha value is -0.450. The molecule has 0 amide bonds. The molecule has 96 valence electrons. The average molecular weight is 253 g/mol. The molecule has 1 aromatic rings. The van der Waals surface area contributed by atoms with Crippen LogP contribution in [0.3, 0.4) is 0 Å². The lowest BCUT2D eigenvalue weighted by Crippen LogP contribution is -2.43. The van der Waals surface area contributed by atoms with Crippen LogP contribution >= 0.6 is 11.3 Å². The number of hydrogen-bond donors (Lipinski definition) is 1. The van der Waals surface area contributed by atoms with E-state index in [0.29, 0.717) is 0 Å². The van der Waals surface area contributed by atoms with Crippen LogP contribution in [-0.4, -0.2) is 42.6 Å². The highest BCUT2D eigenvalue weighted by atomic mass is 32.1. The maximum Gasteiger partial charge on any atom is 0.0928 e. The van der Waals surface area contributed by atoms with Gasteiger partial charge in [-0.2, -0.15) is 0 Å². The molecule has 0 spiro atoms. The van der Waals surface area contributed by atoms with Gasteiger partial charge in [0.2, 0.25) is 0 Å². The molecule has 0 bridgehead atoms. The molecule has 17 heavy (non-hydrogen) atoms. The van der Waals surface area contributed by atoms with Gasteiger partial charge in [0.25, 0.3) is 0 Å². The second-order valence-corrected chi connectivity index (χ2v) is 5.83. The van der Waals surface area contributed by atoms with Crippen molar-refractivity contribution in [3.63, 3.8) is 0 Å². The van der Waals surface area contributed by atoms with Gasteiger partial charge in [0.05, 0.1) is 10.7 Å². The van der Waals surface area contributed by atoms with Gasteiger partial charge < -0.3 is 10.2 Å². The minimum atomic E-state index is 1.07. The highest BCUT2D eigenvalue weighted by Gasteiger charge is 2.10. The number of piperazine rings is 1. The third-order valence-corrected chi connectivity index (χ3v) is 4.69. The van der Waals surface area contributed by atoms with Gasteiger partial charge in [-0.3, -0.25) is 0 Å². The summed E-state index contributed by atoms with van der Waals surface area (Å²) in [5.74, 6) is 0. The van der Waals surface area contributed by atoms with Crippen LogP contribution in [0.1, 0.15) is 28.9 Å². The van der Waals surface area contributed by atoms with Crippen LogP contribution in [0.2, 0.25) is 0 Å². The fourth-order valence-electron chi connectivity index (χ4n) is 2.27. The largest absolute Gasteiger partial charge is 0.314 e. The molecule has 0 saturated carbocycles. The molecular weight excluding hydrogens is 230 g/mol. The quantitative estimate of drug-likeness (QED) is 0.868. The number of nitrogens with one attached hydrogen (secondary N) is 1. The van der Waals surface area contributed by atoms with Crippen LogP contribution in [0, 0.1) is 6.92 Å². The molecule has 0 radical (unpaired) electrons. The summed E-state index contributed by atoms with van der Waals surface area (Å²) in [7, 11) is 0. The highest BCUT2D eigenvalue weighted by molar-refractivity contribution is 7.11. The second kappa shape index (κ2) is 6.47. The Morgan fingerprint density at radius 3 is 2.76 bits per heavy atom. The zero-order chi connectivity index (χ0) is 12.1. The number of hydrogen-bond acceptors (Lipinski definition) is 4. The van der Waals surface area contributed by atoms with Crippen LogP contribution in [0.5, 0.6) is 0 Å². The monoisotopic (exact) mass is 253 g/mol. The first-order valence-corrected chi connectivity index (χ1v) is 7.49. The fourth-order valence-corrected chi connectivity index (χ4v) is 3.32. The van der Waals surface area contributed by atoms with E-state index >= 15 is 0 Å². The Balaban J connectivity index is 1.75. The Bertz CT molecular complexity index is 342. The average Bonchev–Trinajstić information content (AvgIpc) is 2.72. The number of rotatable bonds is 5. The first-order chi connectivity index (χ1) is 8.29. The first-order valence-electron chi connectivity index (χ1n) is 6.68. The van der Waals surface area contributed by atoms with Gasteiger partial charge in [-0.1, -0.05) is 6.92 Å². The first kappa shape index (κ1) is 13.0. The molecule has 3 nitrogen and oxygen atoms in total. The van der Waals surface area contributed by atoms with Crippen molar-refractivity contribution in [1.29, 1.82) is 0 Å². The summed E-state index contributed by atoms with van der Waals surface area (Å²) in [6.45, 7) is 10.3. The van der Waals surface area contributed by atoms with Crippen molar-refractivity contribution in [2.75, 3.05) is 32.7 Å². The molecule has 2 rings (SSSR count). The second-order valence-electron chi connectivity index (χ2n) is 4.66. The summed E-state index contributed by atoms with van der Waals surface area (Å²) in [5, 5.41) is 4.68. The molecule has 0 atom stereocenters. The molecule has 0 aliphatic carbocycles. The van der Waals surface area contributed by atoms with Crippen molar-refractivity contribution >= 4 is 11.3 Å². The minimum Gasteiger partial charge on any atom is -0.314 e. The van der Waals surface area contributed by atoms with E-state index in [9.17, 15) is 0 Å². The van der Waals surface area contributed by atoms with E-state index in [4.69, 9.17) is 0 Å². The van der Waals surface area contributed by atoms with Crippen molar-refractivity contribution in [1.82, 2.24) is 15.2 Å². The zero-order valence-electron chi connectivity index (χ0n) is 11.0. The third-order valence-electron chi connectivity index (χ3n) is 3.33. The van der Waals surface area contributed by atoms with E-state index < -0.39 is 0 Å². The van der Waals surface area contributed by atoms with E-state index in [-0.39, 0.29) is 0 Å². The van der Waals surface area contributed by atoms with Gasteiger partial charge in [0.15, 0.2) is 0 Å². The van der Waals surface area contributed by atoms with Crippen LogP contribution in [0.25, 0.3) is 0 Å². The molecule has 1 aliphatic heterocycles. The molecule has 1 fully saturated rings. The minimum absolute atomic E-state index is 1.07. The van der Waals surface area contributed by atoms with E-state index in [0.717, 1.165) is 19.5 Å². The molecule has 0 aromatic carbocycles. The van der Waals surface area contributed by atoms with Crippen molar-refractivity contribution in [3.05, 3.63) is 15.6 Å². The topological polar surface area (TPSA) is 28.2 Å². The molecule has 1 N–H and O–H groups in total. The molecule has 2 heterocycles. The summed E-state index contributed by atoms with van der Waals surface area (Å²) in [6.07, 6.45) is 3.54. The maximum atomic E-state index is 4.59. The van der Waals surface area contributed by atoms with Gasteiger partial charge in [-0.25, -0.2) is 4.98 Å². The normalized spacial score (nSPS) is 17.5. The Kier molecular flexibility index (Phi) is 4.95. The molecule has 0 unspecified atom stereocenters. The predicted molar refractivity (Wildman–Crippen MR) is 73.9 cm³/mol. The van der Waals surface area contributed by atoms with Gasteiger partial charge in [0, 0.05) is 31.1 Å². The van der Waals surface area contributed by atoms with Crippen molar-refractivity contribution in [2.24, 2.45) is 0 Å².